The molecule has 1 atom stereocenters. The van der Waals surface area contributed by atoms with Crippen molar-refractivity contribution in [1.29, 1.82) is 0 Å². The van der Waals surface area contributed by atoms with E-state index in [0.29, 0.717) is 19.4 Å². The molecule has 1 heterocycles. The number of carbonyl (C=O) groups excluding carboxylic acids is 1. The minimum absolute atomic E-state index is 0.110. The van der Waals surface area contributed by atoms with Crippen LogP contribution in [0.15, 0.2) is 29.2 Å². The average molecular weight is 294 g/mol. The molecule has 0 fully saturated rings. The number of aliphatic carboxylic acids is 1. The van der Waals surface area contributed by atoms with Gasteiger partial charge in [0, 0.05) is 25.2 Å². The highest BCUT2D eigenvalue weighted by Gasteiger charge is 2.20. The van der Waals surface area contributed by atoms with Crippen molar-refractivity contribution in [2.75, 3.05) is 0 Å². The number of hydrogen-bond acceptors (Lipinski definition) is 3. The Hall–Kier alpha value is -2.11. The van der Waals surface area contributed by atoms with Crippen molar-refractivity contribution in [2.24, 2.45) is 5.92 Å². The molecule has 1 rings (SSSR count). The first kappa shape index (κ1) is 16.9. The minimum Gasteiger partial charge on any atom is -0.480 e. The second kappa shape index (κ2) is 8.24. The number of carboxylic acid groups (broad SMARTS) is 1. The molecule has 1 aromatic rings. The maximum atomic E-state index is 11.8. The fourth-order valence-corrected chi connectivity index (χ4v) is 2.01. The van der Waals surface area contributed by atoms with Crippen LogP contribution in [-0.2, 0) is 16.1 Å². The van der Waals surface area contributed by atoms with Gasteiger partial charge in [0.15, 0.2) is 0 Å². The summed E-state index contributed by atoms with van der Waals surface area (Å²) in [4.78, 5) is 34.3. The highest BCUT2D eigenvalue weighted by molar-refractivity contribution is 5.83. The third-order valence-electron chi connectivity index (χ3n) is 3.04. The molecule has 116 valence electrons. The van der Waals surface area contributed by atoms with Crippen LogP contribution in [0.4, 0.5) is 0 Å². The summed E-state index contributed by atoms with van der Waals surface area (Å²) in [6.45, 7) is 4.25. The predicted octanol–water partition coefficient (Wildman–Crippen LogP) is 1.24. The van der Waals surface area contributed by atoms with Gasteiger partial charge in [0.1, 0.15) is 6.04 Å². The summed E-state index contributed by atoms with van der Waals surface area (Å²) >= 11 is 0. The standard InChI is InChI=1S/C15H22N2O4/c1-11(2)10-12(15(20)21)16-13(18)6-5-9-17-8-4-3-7-14(17)19/h3-4,7-8,11-12H,5-6,9-10H2,1-2H3,(H,16,18)(H,20,21). The van der Waals surface area contributed by atoms with E-state index in [4.69, 9.17) is 5.11 Å². The number of carboxylic acids is 1. The van der Waals surface area contributed by atoms with Gasteiger partial charge < -0.3 is 15.0 Å². The normalized spacial score (nSPS) is 12.1. The number of aromatic nitrogens is 1. The molecule has 2 N–H and O–H groups in total. The maximum absolute atomic E-state index is 11.8. The molecule has 0 saturated carbocycles. The molecular weight excluding hydrogens is 272 g/mol. The van der Waals surface area contributed by atoms with Crippen LogP contribution in [0.2, 0.25) is 0 Å². The SMILES string of the molecule is CC(C)CC(NC(=O)CCCn1ccccc1=O)C(=O)O. The van der Waals surface area contributed by atoms with E-state index in [0.717, 1.165) is 0 Å². The average Bonchev–Trinajstić information content (AvgIpc) is 2.39. The third-order valence-corrected chi connectivity index (χ3v) is 3.04. The predicted molar refractivity (Wildman–Crippen MR) is 79.0 cm³/mol. The first-order chi connectivity index (χ1) is 9.90. The molecule has 6 nitrogen and oxygen atoms in total. The van der Waals surface area contributed by atoms with Gasteiger partial charge in [0.05, 0.1) is 0 Å². The van der Waals surface area contributed by atoms with Crippen LogP contribution >= 0.6 is 0 Å². The number of carbonyl (C=O) groups is 2. The van der Waals surface area contributed by atoms with Crippen molar-refractivity contribution in [3.05, 3.63) is 34.7 Å². The molecule has 0 bridgehead atoms. The van der Waals surface area contributed by atoms with Gasteiger partial charge in [-0.05, 0) is 24.8 Å². The molecule has 0 aliphatic rings. The summed E-state index contributed by atoms with van der Waals surface area (Å²) in [5.74, 6) is -1.13. The van der Waals surface area contributed by atoms with E-state index >= 15 is 0 Å². The molecule has 0 spiro atoms. The Kier molecular flexibility index (Phi) is 6.65. The van der Waals surface area contributed by atoms with Crippen molar-refractivity contribution < 1.29 is 14.7 Å². The van der Waals surface area contributed by atoms with E-state index in [1.165, 1.54) is 10.6 Å². The van der Waals surface area contributed by atoms with Crippen LogP contribution in [0.25, 0.3) is 0 Å². The van der Waals surface area contributed by atoms with E-state index in [-0.39, 0.29) is 23.8 Å². The largest absolute Gasteiger partial charge is 0.480 e. The van der Waals surface area contributed by atoms with Crippen LogP contribution in [0, 0.1) is 5.92 Å². The summed E-state index contributed by atoms with van der Waals surface area (Å²) in [5.41, 5.74) is -0.110. The first-order valence-corrected chi connectivity index (χ1v) is 7.07. The molecular formula is C15H22N2O4. The number of rotatable bonds is 8. The van der Waals surface area contributed by atoms with Gasteiger partial charge in [-0.2, -0.15) is 0 Å². The van der Waals surface area contributed by atoms with Crippen molar-refractivity contribution in [1.82, 2.24) is 9.88 Å². The topological polar surface area (TPSA) is 88.4 Å². The van der Waals surface area contributed by atoms with Crippen LogP contribution in [-0.4, -0.2) is 27.6 Å². The van der Waals surface area contributed by atoms with Crippen molar-refractivity contribution in [3.63, 3.8) is 0 Å². The zero-order valence-electron chi connectivity index (χ0n) is 12.4. The van der Waals surface area contributed by atoms with Crippen molar-refractivity contribution in [2.45, 2.75) is 45.7 Å². The zero-order valence-corrected chi connectivity index (χ0v) is 12.4. The molecule has 0 aromatic carbocycles. The number of nitrogens with zero attached hydrogens (tertiary/aromatic N) is 1. The fraction of sp³-hybridized carbons (Fsp3) is 0.533. The Bertz CT molecular complexity index is 536. The number of nitrogens with one attached hydrogen (secondary N) is 1. The summed E-state index contributed by atoms with van der Waals surface area (Å²) < 4.78 is 1.52. The van der Waals surface area contributed by atoms with E-state index in [1.807, 2.05) is 13.8 Å². The quantitative estimate of drug-likeness (QED) is 0.755. The van der Waals surface area contributed by atoms with Gasteiger partial charge in [0.2, 0.25) is 11.5 Å². The van der Waals surface area contributed by atoms with Crippen LogP contribution in [0.1, 0.15) is 33.1 Å². The second-order valence-corrected chi connectivity index (χ2v) is 5.42. The van der Waals surface area contributed by atoms with Gasteiger partial charge in [-0.25, -0.2) is 4.79 Å². The van der Waals surface area contributed by atoms with Gasteiger partial charge >= 0.3 is 5.97 Å². The lowest BCUT2D eigenvalue weighted by atomic mass is 10.0. The molecule has 0 aliphatic heterocycles. The highest BCUT2D eigenvalue weighted by atomic mass is 16.4. The lowest BCUT2D eigenvalue weighted by Crippen LogP contribution is -2.41. The maximum Gasteiger partial charge on any atom is 0.326 e. The third kappa shape index (κ3) is 6.25. The van der Waals surface area contributed by atoms with E-state index in [1.54, 1.807) is 18.3 Å². The zero-order chi connectivity index (χ0) is 15.8. The van der Waals surface area contributed by atoms with Crippen molar-refractivity contribution in [3.8, 4) is 0 Å². The van der Waals surface area contributed by atoms with Crippen molar-refractivity contribution >= 4 is 11.9 Å². The lowest BCUT2D eigenvalue weighted by Gasteiger charge is -2.16. The Balaban J connectivity index is 2.41. The van der Waals surface area contributed by atoms with E-state index in [2.05, 4.69) is 5.32 Å². The number of pyridine rings is 1. The lowest BCUT2D eigenvalue weighted by molar-refractivity contribution is -0.142. The van der Waals surface area contributed by atoms with Gasteiger partial charge in [-0.1, -0.05) is 19.9 Å². The van der Waals surface area contributed by atoms with E-state index in [9.17, 15) is 14.4 Å². The molecule has 6 heteroatoms. The summed E-state index contributed by atoms with van der Waals surface area (Å²) in [5, 5.41) is 11.6. The Morgan fingerprint density at radius 3 is 2.62 bits per heavy atom. The Morgan fingerprint density at radius 2 is 2.05 bits per heavy atom. The van der Waals surface area contributed by atoms with E-state index < -0.39 is 12.0 Å². The highest BCUT2D eigenvalue weighted by Crippen LogP contribution is 2.05. The Morgan fingerprint density at radius 1 is 1.33 bits per heavy atom. The molecule has 1 unspecified atom stereocenters. The molecule has 0 radical (unpaired) electrons. The molecule has 0 saturated heterocycles. The van der Waals surface area contributed by atoms with Crippen LogP contribution in [0.5, 0.6) is 0 Å². The summed E-state index contributed by atoms with van der Waals surface area (Å²) in [7, 11) is 0. The van der Waals surface area contributed by atoms with Crippen LogP contribution in [0.3, 0.4) is 0 Å². The first-order valence-electron chi connectivity index (χ1n) is 7.07. The molecule has 21 heavy (non-hydrogen) atoms. The van der Waals surface area contributed by atoms with Gasteiger partial charge in [0.25, 0.3) is 0 Å². The molecule has 0 aliphatic carbocycles. The number of amides is 1. The monoisotopic (exact) mass is 294 g/mol. The minimum atomic E-state index is -1.02. The fourth-order valence-electron chi connectivity index (χ4n) is 2.01. The Labute approximate surface area is 123 Å². The van der Waals surface area contributed by atoms with Gasteiger partial charge in [-0.3, -0.25) is 9.59 Å². The van der Waals surface area contributed by atoms with Crippen LogP contribution < -0.4 is 10.9 Å². The summed E-state index contributed by atoms with van der Waals surface area (Å²) in [6, 6.07) is 4.03. The second-order valence-electron chi connectivity index (χ2n) is 5.42. The molecule has 1 amide bonds. The molecule has 1 aromatic heterocycles. The number of hydrogen-bond donors (Lipinski definition) is 2. The smallest absolute Gasteiger partial charge is 0.326 e. The number of aryl methyl sites for hydroxylation is 1. The summed E-state index contributed by atoms with van der Waals surface area (Å²) in [6.07, 6.45) is 2.76. The van der Waals surface area contributed by atoms with Gasteiger partial charge in [-0.15, -0.1) is 0 Å².